The number of fused-ring (bicyclic) bond motifs is 4. The standard InChI is InChI=1S/C22H13ClO4/c23-13-6-8-18-16(9-13)22(25)17(11-26-18)15-10-20(24)27-19-7-5-12-3-1-2-4-14(12)21(15)19/h1-9,11,15H,10H2. The molecule has 1 aromatic heterocycles. The molecule has 0 radical (unpaired) electrons. The predicted molar refractivity (Wildman–Crippen MR) is 104 cm³/mol. The minimum atomic E-state index is -0.438. The Balaban J connectivity index is 1.81. The topological polar surface area (TPSA) is 56.5 Å². The average molecular weight is 377 g/mol. The number of hydrogen-bond acceptors (Lipinski definition) is 4. The van der Waals surface area contributed by atoms with E-state index < -0.39 is 5.92 Å². The van der Waals surface area contributed by atoms with E-state index in [0.717, 1.165) is 16.3 Å². The molecule has 0 bridgehead atoms. The number of halogens is 1. The van der Waals surface area contributed by atoms with E-state index in [4.69, 9.17) is 20.8 Å². The molecule has 2 heterocycles. The Labute approximate surface area is 158 Å². The summed E-state index contributed by atoms with van der Waals surface area (Å²) in [5.74, 6) is -0.319. The summed E-state index contributed by atoms with van der Waals surface area (Å²) < 4.78 is 11.1. The number of benzene rings is 3. The van der Waals surface area contributed by atoms with Crippen LogP contribution in [-0.2, 0) is 4.79 Å². The van der Waals surface area contributed by atoms with Crippen molar-refractivity contribution in [3.63, 3.8) is 0 Å². The summed E-state index contributed by atoms with van der Waals surface area (Å²) in [6.45, 7) is 0. The molecule has 0 spiro atoms. The van der Waals surface area contributed by atoms with E-state index in [1.54, 1.807) is 24.3 Å². The second-order valence-corrected chi connectivity index (χ2v) is 7.03. The van der Waals surface area contributed by atoms with Gasteiger partial charge in [-0.25, -0.2) is 0 Å². The Kier molecular flexibility index (Phi) is 3.55. The van der Waals surface area contributed by atoms with E-state index >= 15 is 0 Å². The van der Waals surface area contributed by atoms with E-state index in [9.17, 15) is 9.59 Å². The van der Waals surface area contributed by atoms with Crippen LogP contribution >= 0.6 is 11.6 Å². The normalized spacial score (nSPS) is 16.3. The van der Waals surface area contributed by atoms with Gasteiger partial charge in [0.2, 0.25) is 0 Å². The van der Waals surface area contributed by atoms with Gasteiger partial charge in [0.15, 0.2) is 5.43 Å². The molecule has 3 aromatic carbocycles. The van der Waals surface area contributed by atoms with Crippen LogP contribution < -0.4 is 10.2 Å². The highest BCUT2D eigenvalue weighted by atomic mass is 35.5. The fourth-order valence-electron chi connectivity index (χ4n) is 3.78. The summed E-state index contributed by atoms with van der Waals surface area (Å²) >= 11 is 6.06. The summed E-state index contributed by atoms with van der Waals surface area (Å²) in [7, 11) is 0. The number of hydrogen-bond donors (Lipinski definition) is 0. The van der Waals surface area contributed by atoms with Gasteiger partial charge in [0.25, 0.3) is 0 Å². The van der Waals surface area contributed by atoms with E-state index in [0.29, 0.717) is 27.3 Å². The van der Waals surface area contributed by atoms with E-state index in [-0.39, 0.29) is 17.8 Å². The summed E-state index contributed by atoms with van der Waals surface area (Å²) in [4.78, 5) is 25.4. The first kappa shape index (κ1) is 16.1. The molecule has 1 atom stereocenters. The highest BCUT2D eigenvalue weighted by Crippen LogP contribution is 2.42. The second-order valence-electron chi connectivity index (χ2n) is 6.59. The minimum absolute atomic E-state index is 0.0812. The lowest BCUT2D eigenvalue weighted by molar-refractivity contribution is -0.135. The Bertz CT molecular complexity index is 1290. The van der Waals surface area contributed by atoms with Gasteiger partial charge >= 0.3 is 5.97 Å². The van der Waals surface area contributed by atoms with Crippen LogP contribution in [-0.4, -0.2) is 5.97 Å². The van der Waals surface area contributed by atoms with Crippen molar-refractivity contribution < 1.29 is 13.9 Å². The molecule has 4 aromatic rings. The molecule has 0 saturated heterocycles. The van der Waals surface area contributed by atoms with Crippen LogP contribution in [0.1, 0.15) is 23.5 Å². The lowest BCUT2D eigenvalue weighted by Gasteiger charge is -2.25. The number of rotatable bonds is 1. The first-order chi connectivity index (χ1) is 13.1. The third kappa shape index (κ3) is 2.53. The van der Waals surface area contributed by atoms with Gasteiger partial charge in [0.05, 0.1) is 18.1 Å². The summed E-state index contributed by atoms with van der Waals surface area (Å²) in [6, 6.07) is 16.5. The zero-order valence-corrected chi connectivity index (χ0v) is 14.8. The fourth-order valence-corrected chi connectivity index (χ4v) is 3.95. The van der Waals surface area contributed by atoms with Crippen LogP contribution in [0.15, 0.2) is 70.1 Å². The molecule has 1 unspecified atom stereocenters. The highest BCUT2D eigenvalue weighted by molar-refractivity contribution is 6.31. The fraction of sp³-hybridized carbons (Fsp3) is 0.0909. The molecule has 0 amide bonds. The summed E-state index contributed by atoms with van der Waals surface area (Å²) in [5, 5.41) is 2.84. The zero-order valence-electron chi connectivity index (χ0n) is 14.1. The Morgan fingerprint density at radius 2 is 1.81 bits per heavy atom. The minimum Gasteiger partial charge on any atom is -0.464 e. The van der Waals surface area contributed by atoms with Crippen molar-refractivity contribution in [1.29, 1.82) is 0 Å². The van der Waals surface area contributed by atoms with Crippen molar-refractivity contribution in [3.8, 4) is 5.75 Å². The monoisotopic (exact) mass is 376 g/mol. The molecule has 5 rings (SSSR count). The number of carbonyl (C=O) groups excluding carboxylic acids is 1. The van der Waals surface area contributed by atoms with E-state index in [1.165, 1.54) is 6.26 Å². The molecule has 0 saturated carbocycles. The van der Waals surface area contributed by atoms with Crippen molar-refractivity contribution in [1.82, 2.24) is 0 Å². The Hall–Kier alpha value is -3.11. The van der Waals surface area contributed by atoms with Gasteiger partial charge in [-0.05, 0) is 35.0 Å². The molecule has 132 valence electrons. The van der Waals surface area contributed by atoms with Crippen molar-refractivity contribution in [3.05, 3.63) is 87.2 Å². The lowest BCUT2D eigenvalue weighted by atomic mass is 9.84. The van der Waals surface area contributed by atoms with Crippen molar-refractivity contribution >= 4 is 39.3 Å². The average Bonchev–Trinajstić information content (AvgIpc) is 2.68. The Morgan fingerprint density at radius 3 is 2.70 bits per heavy atom. The zero-order chi connectivity index (χ0) is 18.5. The molecule has 1 aliphatic heterocycles. The summed E-state index contributed by atoms with van der Waals surface area (Å²) in [6.07, 6.45) is 1.53. The molecule has 0 N–H and O–H groups in total. The highest BCUT2D eigenvalue weighted by Gasteiger charge is 2.32. The first-order valence-corrected chi connectivity index (χ1v) is 8.93. The van der Waals surface area contributed by atoms with Gasteiger partial charge in [-0.3, -0.25) is 9.59 Å². The Morgan fingerprint density at radius 1 is 0.963 bits per heavy atom. The molecule has 5 heteroatoms. The third-order valence-electron chi connectivity index (χ3n) is 5.01. The predicted octanol–water partition coefficient (Wildman–Crippen LogP) is 5.04. The van der Waals surface area contributed by atoms with Gasteiger partial charge in [0.1, 0.15) is 11.3 Å². The number of carbonyl (C=O) groups is 1. The van der Waals surface area contributed by atoms with Gasteiger partial charge in [-0.15, -0.1) is 0 Å². The maximum Gasteiger partial charge on any atom is 0.312 e. The van der Waals surface area contributed by atoms with Gasteiger partial charge in [-0.2, -0.15) is 0 Å². The van der Waals surface area contributed by atoms with Crippen LogP contribution in [0, 0.1) is 0 Å². The van der Waals surface area contributed by atoms with Crippen LogP contribution in [0.4, 0.5) is 0 Å². The van der Waals surface area contributed by atoms with Crippen LogP contribution in [0.2, 0.25) is 5.02 Å². The molecule has 4 nitrogen and oxygen atoms in total. The maximum absolute atomic E-state index is 13.2. The number of ether oxygens (including phenoxy) is 1. The van der Waals surface area contributed by atoms with Crippen LogP contribution in [0.5, 0.6) is 5.75 Å². The van der Waals surface area contributed by atoms with E-state index in [2.05, 4.69) is 0 Å². The SMILES string of the molecule is O=C1CC(c2coc3ccc(Cl)cc3c2=O)c2c(ccc3ccccc23)O1. The van der Waals surface area contributed by atoms with Gasteiger partial charge in [0, 0.05) is 22.1 Å². The summed E-state index contributed by atoms with van der Waals surface area (Å²) in [5.41, 5.74) is 1.54. The molecule has 0 aliphatic carbocycles. The van der Waals surface area contributed by atoms with Gasteiger partial charge < -0.3 is 9.15 Å². The van der Waals surface area contributed by atoms with Crippen molar-refractivity contribution in [2.24, 2.45) is 0 Å². The van der Waals surface area contributed by atoms with Crippen LogP contribution in [0.3, 0.4) is 0 Å². The maximum atomic E-state index is 13.2. The largest absolute Gasteiger partial charge is 0.464 e. The van der Waals surface area contributed by atoms with Gasteiger partial charge in [-0.1, -0.05) is 41.9 Å². The molecule has 1 aliphatic rings. The van der Waals surface area contributed by atoms with Crippen molar-refractivity contribution in [2.75, 3.05) is 0 Å². The molecule has 0 fully saturated rings. The van der Waals surface area contributed by atoms with Crippen LogP contribution in [0.25, 0.3) is 21.7 Å². The van der Waals surface area contributed by atoms with Crippen molar-refractivity contribution in [2.45, 2.75) is 12.3 Å². The first-order valence-electron chi connectivity index (χ1n) is 8.55. The lowest BCUT2D eigenvalue weighted by Crippen LogP contribution is -2.25. The smallest absolute Gasteiger partial charge is 0.312 e. The molecular weight excluding hydrogens is 364 g/mol. The molecule has 27 heavy (non-hydrogen) atoms. The third-order valence-corrected chi connectivity index (χ3v) is 5.25. The second kappa shape index (κ2) is 5.96. The quantitative estimate of drug-likeness (QED) is 0.345. The number of esters is 1. The molecular formula is C22H13ClO4. The van der Waals surface area contributed by atoms with E-state index in [1.807, 2.05) is 30.3 Å².